The predicted molar refractivity (Wildman–Crippen MR) is 91.1 cm³/mol. The number of hydrogen-bond donors (Lipinski definition) is 0. The Kier molecular flexibility index (Phi) is 5.18. The molecule has 1 aromatic heterocycles. The number of piperidine rings is 1. The van der Waals surface area contributed by atoms with Crippen LogP contribution in [0, 0.1) is 19.8 Å². The Morgan fingerprint density at radius 2 is 1.72 bits per heavy atom. The van der Waals surface area contributed by atoms with E-state index in [9.17, 15) is 13.2 Å². The van der Waals surface area contributed by atoms with Crippen LogP contribution < -0.4 is 0 Å². The second-order valence-corrected chi connectivity index (χ2v) is 7.02. The Hall–Kier alpha value is -1.82. The molecule has 2 aromatic rings. The maximum absolute atomic E-state index is 12.6. The summed E-state index contributed by atoms with van der Waals surface area (Å²) in [5, 5.41) is 4.53. The zero-order valence-electron chi connectivity index (χ0n) is 14.7. The average Bonchev–Trinajstić information content (AvgIpc) is 2.86. The zero-order chi connectivity index (χ0) is 18.0. The van der Waals surface area contributed by atoms with Crippen LogP contribution in [0.25, 0.3) is 0 Å². The molecule has 2 heterocycles. The number of likely N-dealkylation sites (tertiary alicyclic amines) is 1. The summed E-state index contributed by atoms with van der Waals surface area (Å²) in [5.41, 5.74) is 2.60. The van der Waals surface area contributed by atoms with E-state index in [1.807, 2.05) is 6.92 Å². The van der Waals surface area contributed by atoms with Crippen molar-refractivity contribution in [3.05, 3.63) is 52.8 Å². The van der Waals surface area contributed by atoms with Gasteiger partial charge < -0.3 is 0 Å². The first-order valence-electron chi connectivity index (χ1n) is 8.71. The Morgan fingerprint density at radius 3 is 2.24 bits per heavy atom. The van der Waals surface area contributed by atoms with E-state index in [0.717, 1.165) is 43.7 Å². The highest BCUT2D eigenvalue weighted by Crippen LogP contribution is 2.29. The highest BCUT2D eigenvalue weighted by Gasteiger charge is 2.30. The fourth-order valence-electron chi connectivity index (χ4n) is 3.49. The van der Waals surface area contributed by atoms with Crippen LogP contribution >= 0.6 is 0 Å². The van der Waals surface area contributed by atoms with E-state index in [4.69, 9.17) is 0 Å². The van der Waals surface area contributed by atoms with Crippen LogP contribution in [0.2, 0.25) is 0 Å². The number of alkyl halides is 3. The van der Waals surface area contributed by atoms with Gasteiger partial charge in [0.05, 0.1) is 11.3 Å². The number of halogens is 3. The summed E-state index contributed by atoms with van der Waals surface area (Å²) in [6, 6.07) is 7.62. The molecule has 0 unspecified atom stereocenters. The first kappa shape index (κ1) is 18.0. The number of aromatic nitrogens is 2. The number of aryl methyl sites for hydroxylation is 2. The van der Waals surface area contributed by atoms with Crippen molar-refractivity contribution in [2.24, 2.45) is 5.92 Å². The van der Waals surface area contributed by atoms with Crippen LogP contribution in [0.15, 0.2) is 30.3 Å². The third-order valence-corrected chi connectivity index (χ3v) is 4.93. The van der Waals surface area contributed by atoms with Crippen LogP contribution in [-0.4, -0.2) is 27.8 Å². The number of nitrogens with zero attached hydrogens (tertiary/aromatic N) is 3. The molecule has 0 amide bonds. The summed E-state index contributed by atoms with van der Waals surface area (Å²) in [7, 11) is 0. The van der Waals surface area contributed by atoms with Crippen LogP contribution in [0.4, 0.5) is 13.2 Å². The van der Waals surface area contributed by atoms with Crippen molar-refractivity contribution in [2.45, 2.75) is 46.0 Å². The van der Waals surface area contributed by atoms with E-state index in [-0.39, 0.29) is 0 Å². The summed E-state index contributed by atoms with van der Waals surface area (Å²) in [5.74, 6) is 0.613. The van der Waals surface area contributed by atoms with E-state index in [1.165, 1.54) is 17.8 Å². The van der Waals surface area contributed by atoms with Crippen molar-refractivity contribution in [1.82, 2.24) is 14.7 Å². The van der Waals surface area contributed by atoms with Crippen molar-refractivity contribution in [3.8, 4) is 0 Å². The zero-order valence-corrected chi connectivity index (χ0v) is 14.7. The molecule has 25 heavy (non-hydrogen) atoms. The molecular weight excluding hydrogens is 327 g/mol. The molecule has 0 radical (unpaired) electrons. The summed E-state index contributed by atoms with van der Waals surface area (Å²) < 4.78 is 39.9. The van der Waals surface area contributed by atoms with Gasteiger partial charge in [0.2, 0.25) is 0 Å². The summed E-state index contributed by atoms with van der Waals surface area (Å²) in [4.78, 5) is 2.32. The van der Waals surface area contributed by atoms with E-state index in [2.05, 4.69) is 27.7 Å². The van der Waals surface area contributed by atoms with Crippen LogP contribution in [0.5, 0.6) is 0 Å². The molecule has 136 valence electrons. The highest BCUT2D eigenvalue weighted by atomic mass is 19.4. The number of benzene rings is 1. The lowest BCUT2D eigenvalue weighted by Crippen LogP contribution is -2.34. The molecule has 1 aromatic carbocycles. The van der Waals surface area contributed by atoms with Crippen LogP contribution in [0.1, 0.15) is 35.4 Å². The fraction of sp³-hybridized carbons (Fsp3) is 0.526. The van der Waals surface area contributed by atoms with Gasteiger partial charge in [-0.15, -0.1) is 0 Å². The van der Waals surface area contributed by atoms with E-state index in [0.29, 0.717) is 12.5 Å². The van der Waals surface area contributed by atoms with Crippen molar-refractivity contribution in [3.63, 3.8) is 0 Å². The minimum Gasteiger partial charge on any atom is -0.299 e. The average molecular weight is 351 g/mol. The van der Waals surface area contributed by atoms with Gasteiger partial charge in [-0.3, -0.25) is 9.58 Å². The molecule has 0 saturated carbocycles. The van der Waals surface area contributed by atoms with E-state index >= 15 is 0 Å². The maximum Gasteiger partial charge on any atom is 0.416 e. The van der Waals surface area contributed by atoms with Gasteiger partial charge in [-0.2, -0.15) is 18.3 Å². The van der Waals surface area contributed by atoms with Gasteiger partial charge in [-0.1, -0.05) is 12.1 Å². The summed E-state index contributed by atoms with van der Waals surface area (Å²) in [6.45, 7) is 7.71. The van der Waals surface area contributed by atoms with Crippen LogP contribution in [-0.2, 0) is 19.3 Å². The van der Waals surface area contributed by atoms with Crippen molar-refractivity contribution in [2.75, 3.05) is 13.1 Å². The van der Waals surface area contributed by atoms with Crippen molar-refractivity contribution >= 4 is 0 Å². The predicted octanol–water partition coefficient (Wildman–Crippen LogP) is 4.43. The van der Waals surface area contributed by atoms with Crippen molar-refractivity contribution < 1.29 is 13.2 Å². The first-order valence-corrected chi connectivity index (χ1v) is 8.71. The Labute approximate surface area is 146 Å². The molecule has 6 heteroatoms. The molecule has 3 rings (SSSR count). The molecular formula is C19H24F3N3. The minimum absolute atomic E-state index is 0.583. The first-order chi connectivity index (χ1) is 11.8. The quantitative estimate of drug-likeness (QED) is 0.812. The minimum atomic E-state index is -4.26. The smallest absolute Gasteiger partial charge is 0.299 e. The third kappa shape index (κ3) is 4.63. The Morgan fingerprint density at radius 1 is 1.08 bits per heavy atom. The molecule has 0 aliphatic carbocycles. The van der Waals surface area contributed by atoms with Gasteiger partial charge in [-0.25, -0.2) is 0 Å². The summed E-state index contributed by atoms with van der Waals surface area (Å²) in [6.07, 6.45) is -2.07. The maximum atomic E-state index is 12.6. The topological polar surface area (TPSA) is 21.1 Å². The lowest BCUT2D eigenvalue weighted by atomic mass is 9.96. The fourth-order valence-corrected chi connectivity index (χ4v) is 3.49. The van der Waals surface area contributed by atoms with Gasteiger partial charge in [0.15, 0.2) is 0 Å². The van der Waals surface area contributed by atoms with Gasteiger partial charge in [0, 0.05) is 18.8 Å². The molecule has 0 atom stereocenters. The molecule has 0 N–H and O–H groups in total. The molecule has 1 fully saturated rings. The molecule has 1 aliphatic rings. The van der Waals surface area contributed by atoms with Gasteiger partial charge in [0.1, 0.15) is 0 Å². The van der Waals surface area contributed by atoms with E-state index in [1.54, 1.807) is 12.1 Å². The molecule has 0 bridgehead atoms. The standard InChI is InChI=1S/C19H24F3N3/c1-14-11-15(2)25(23-14)13-17-7-9-24(10-8-17)12-16-3-5-18(6-4-16)19(20,21)22/h3-6,11,17H,7-10,12-13H2,1-2H3. The Balaban J connectivity index is 1.50. The highest BCUT2D eigenvalue weighted by molar-refractivity contribution is 5.24. The van der Waals surface area contributed by atoms with Crippen molar-refractivity contribution in [1.29, 1.82) is 0 Å². The Bertz CT molecular complexity index is 696. The second-order valence-electron chi connectivity index (χ2n) is 7.02. The van der Waals surface area contributed by atoms with Crippen LogP contribution in [0.3, 0.4) is 0 Å². The lowest BCUT2D eigenvalue weighted by Gasteiger charge is -2.32. The van der Waals surface area contributed by atoms with Gasteiger partial charge in [-0.05, 0) is 69.5 Å². The molecule has 3 nitrogen and oxygen atoms in total. The lowest BCUT2D eigenvalue weighted by molar-refractivity contribution is -0.137. The third-order valence-electron chi connectivity index (χ3n) is 4.93. The largest absolute Gasteiger partial charge is 0.416 e. The SMILES string of the molecule is Cc1cc(C)n(CC2CCN(Cc3ccc(C(F)(F)F)cc3)CC2)n1. The number of rotatable bonds is 4. The van der Waals surface area contributed by atoms with E-state index < -0.39 is 11.7 Å². The second kappa shape index (κ2) is 7.20. The normalized spacial score (nSPS) is 17.2. The van der Waals surface area contributed by atoms with Gasteiger partial charge in [0.25, 0.3) is 0 Å². The molecule has 1 aliphatic heterocycles. The molecule has 0 spiro atoms. The summed E-state index contributed by atoms with van der Waals surface area (Å²) >= 11 is 0. The van der Waals surface area contributed by atoms with Gasteiger partial charge >= 0.3 is 6.18 Å². The number of hydrogen-bond acceptors (Lipinski definition) is 2. The monoisotopic (exact) mass is 351 g/mol. The molecule has 1 saturated heterocycles.